The van der Waals surface area contributed by atoms with Gasteiger partial charge < -0.3 is 10.7 Å². The van der Waals surface area contributed by atoms with Crippen LogP contribution in [0.1, 0.15) is 19.3 Å². The lowest BCUT2D eigenvalue weighted by atomic mass is 9.84. The van der Waals surface area contributed by atoms with Crippen molar-refractivity contribution in [3.05, 3.63) is 22.2 Å². The molecule has 1 saturated carbocycles. The van der Waals surface area contributed by atoms with E-state index in [2.05, 4.69) is 22.0 Å². The summed E-state index contributed by atoms with van der Waals surface area (Å²) in [5.74, 6) is 5.94. The average Bonchev–Trinajstić information content (AvgIpc) is 2.37. The molecule has 0 atom stereocenters. The minimum atomic E-state index is -0.442. The van der Waals surface area contributed by atoms with Crippen molar-refractivity contribution < 1.29 is 4.92 Å². The summed E-state index contributed by atoms with van der Waals surface area (Å²) in [6.07, 6.45) is 5.54. The summed E-state index contributed by atoms with van der Waals surface area (Å²) in [5, 5.41) is 14.1. The van der Waals surface area contributed by atoms with Crippen LogP contribution >= 0.6 is 11.8 Å². The van der Waals surface area contributed by atoms with Crippen LogP contribution in [-0.2, 0) is 0 Å². The second-order valence-corrected chi connectivity index (χ2v) is 5.83. The van der Waals surface area contributed by atoms with E-state index < -0.39 is 4.92 Å². The maximum absolute atomic E-state index is 11.0. The minimum Gasteiger partial charge on any atom is -0.363 e. The van der Waals surface area contributed by atoms with Gasteiger partial charge in [0.25, 0.3) is 0 Å². The molecule has 104 valence electrons. The number of hydrazine groups is 1. The first-order chi connectivity index (χ1) is 9.10. The largest absolute Gasteiger partial charge is 0.363 e. The normalized spacial score (nSPS) is 16.5. The third-order valence-corrected chi connectivity index (χ3v) is 4.91. The molecule has 1 aromatic heterocycles. The highest BCUT2D eigenvalue weighted by molar-refractivity contribution is 8.00. The second kappa shape index (κ2) is 5.62. The highest BCUT2D eigenvalue weighted by Gasteiger charge is 2.36. The Kier molecular flexibility index (Phi) is 4.11. The minimum absolute atomic E-state index is 0.0328. The van der Waals surface area contributed by atoms with Crippen LogP contribution in [0.2, 0.25) is 0 Å². The fourth-order valence-corrected chi connectivity index (χ4v) is 2.99. The van der Waals surface area contributed by atoms with Crippen molar-refractivity contribution in [3.8, 4) is 0 Å². The molecule has 0 saturated heterocycles. The van der Waals surface area contributed by atoms with Gasteiger partial charge in [0.2, 0.25) is 5.82 Å². The zero-order valence-corrected chi connectivity index (χ0v) is 11.5. The summed E-state index contributed by atoms with van der Waals surface area (Å²) >= 11 is 1.80. The average molecular weight is 283 g/mol. The Bertz CT molecular complexity index is 473. The monoisotopic (exact) mass is 283 g/mol. The Labute approximate surface area is 115 Å². The second-order valence-electron chi connectivity index (χ2n) is 4.56. The van der Waals surface area contributed by atoms with Crippen LogP contribution in [0.5, 0.6) is 0 Å². The number of hydrogen-bond acceptors (Lipinski definition) is 7. The van der Waals surface area contributed by atoms with Gasteiger partial charge in [0, 0.05) is 17.4 Å². The van der Waals surface area contributed by atoms with Gasteiger partial charge in [-0.05, 0) is 25.2 Å². The molecule has 1 aliphatic rings. The molecule has 0 unspecified atom stereocenters. The Morgan fingerprint density at radius 2 is 2.32 bits per heavy atom. The van der Waals surface area contributed by atoms with E-state index in [0.717, 1.165) is 12.8 Å². The van der Waals surface area contributed by atoms with E-state index in [0.29, 0.717) is 12.4 Å². The summed E-state index contributed by atoms with van der Waals surface area (Å²) in [4.78, 5) is 14.6. The van der Waals surface area contributed by atoms with Crippen molar-refractivity contribution in [2.24, 2.45) is 5.84 Å². The van der Waals surface area contributed by atoms with Gasteiger partial charge in [-0.25, -0.2) is 10.8 Å². The first kappa shape index (κ1) is 13.9. The number of hydrogen-bond donors (Lipinski definition) is 3. The number of thioether (sulfide) groups is 1. The van der Waals surface area contributed by atoms with E-state index in [1.807, 2.05) is 0 Å². The van der Waals surface area contributed by atoms with Crippen molar-refractivity contribution in [2.45, 2.75) is 24.0 Å². The van der Waals surface area contributed by atoms with Crippen molar-refractivity contribution in [1.82, 2.24) is 4.98 Å². The molecule has 1 fully saturated rings. The van der Waals surface area contributed by atoms with Gasteiger partial charge in [-0.1, -0.05) is 6.42 Å². The van der Waals surface area contributed by atoms with Gasteiger partial charge in [0.15, 0.2) is 0 Å². The van der Waals surface area contributed by atoms with Crippen LogP contribution in [0.15, 0.2) is 12.1 Å². The Morgan fingerprint density at radius 1 is 1.58 bits per heavy atom. The lowest BCUT2D eigenvalue weighted by molar-refractivity contribution is -0.384. The standard InChI is InChI=1S/C11H17N5O2S/c1-19-11(5-2-6-11)7-13-10-8(16(17)18)3-4-9(14-10)15-12/h3-4H,2,5-7,12H2,1H3,(H2,13,14,15). The molecule has 8 heteroatoms. The summed E-state index contributed by atoms with van der Waals surface area (Å²) in [6.45, 7) is 0.677. The highest BCUT2D eigenvalue weighted by atomic mass is 32.2. The maximum Gasteiger partial charge on any atom is 0.311 e. The molecule has 2 rings (SSSR count). The molecule has 0 bridgehead atoms. The Morgan fingerprint density at radius 3 is 2.79 bits per heavy atom. The van der Waals surface area contributed by atoms with Crippen LogP contribution in [0.3, 0.4) is 0 Å². The Balaban J connectivity index is 2.15. The molecule has 1 aromatic rings. The van der Waals surface area contributed by atoms with E-state index >= 15 is 0 Å². The third kappa shape index (κ3) is 2.90. The number of rotatable bonds is 6. The van der Waals surface area contributed by atoms with Gasteiger partial charge >= 0.3 is 5.69 Å². The molecule has 0 aliphatic heterocycles. The molecule has 0 spiro atoms. The molecule has 7 nitrogen and oxygen atoms in total. The van der Waals surface area contributed by atoms with Crippen molar-refractivity contribution in [3.63, 3.8) is 0 Å². The summed E-state index contributed by atoms with van der Waals surface area (Å²) in [7, 11) is 0. The molecule has 19 heavy (non-hydrogen) atoms. The Hall–Kier alpha value is -1.54. The fourth-order valence-electron chi connectivity index (χ4n) is 2.08. The first-order valence-electron chi connectivity index (χ1n) is 6.01. The van der Waals surface area contributed by atoms with Crippen molar-refractivity contribution in [2.75, 3.05) is 23.5 Å². The predicted octanol–water partition coefficient (Wildman–Crippen LogP) is 1.97. The first-order valence-corrected chi connectivity index (χ1v) is 7.24. The molecule has 4 N–H and O–H groups in total. The zero-order chi connectivity index (χ0) is 13.9. The van der Waals surface area contributed by atoms with Crippen LogP contribution < -0.4 is 16.6 Å². The molecule has 0 aromatic carbocycles. The summed E-state index contributed by atoms with van der Waals surface area (Å²) < 4.78 is 0.182. The number of nitrogens with two attached hydrogens (primary N) is 1. The topological polar surface area (TPSA) is 106 Å². The van der Waals surface area contributed by atoms with Crippen LogP contribution in [0, 0.1) is 10.1 Å². The number of nitrogen functional groups attached to an aromatic ring is 1. The molecule has 1 heterocycles. The van der Waals surface area contributed by atoms with Gasteiger partial charge in [0.1, 0.15) is 5.82 Å². The van der Waals surface area contributed by atoms with Crippen molar-refractivity contribution >= 4 is 29.1 Å². The molecule has 0 radical (unpaired) electrons. The summed E-state index contributed by atoms with van der Waals surface area (Å²) in [6, 6.07) is 2.88. The number of aromatic nitrogens is 1. The van der Waals surface area contributed by atoms with Crippen LogP contribution in [0.4, 0.5) is 17.3 Å². The highest BCUT2D eigenvalue weighted by Crippen LogP contribution is 2.43. The van der Waals surface area contributed by atoms with Crippen LogP contribution in [-0.4, -0.2) is 27.5 Å². The van der Waals surface area contributed by atoms with Crippen LogP contribution in [0.25, 0.3) is 0 Å². The van der Waals surface area contributed by atoms with E-state index in [-0.39, 0.29) is 16.3 Å². The van der Waals surface area contributed by atoms with Gasteiger partial charge in [-0.3, -0.25) is 10.1 Å². The SMILES string of the molecule is CSC1(CNc2nc(NN)ccc2[N+](=O)[O-])CCC1. The number of pyridine rings is 1. The van der Waals surface area contributed by atoms with Crippen molar-refractivity contribution in [1.29, 1.82) is 0 Å². The lowest BCUT2D eigenvalue weighted by Crippen LogP contribution is -2.40. The maximum atomic E-state index is 11.0. The van der Waals surface area contributed by atoms with Gasteiger partial charge in [-0.15, -0.1) is 0 Å². The molecular formula is C11H17N5O2S. The number of nitro groups is 1. The molecular weight excluding hydrogens is 266 g/mol. The predicted molar refractivity (Wildman–Crippen MR) is 77.3 cm³/mol. The smallest absolute Gasteiger partial charge is 0.311 e. The summed E-state index contributed by atoms with van der Waals surface area (Å²) in [5.41, 5.74) is 2.36. The van der Waals surface area contributed by atoms with E-state index in [1.54, 1.807) is 11.8 Å². The van der Waals surface area contributed by atoms with Gasteiger partial charge in [0.05, 0.1) is 4.92 Å². The zero-order valence-electron chi connectivity index (χ0n) is 10.7. The quantitative estimate of drug-likeness (QED) is 0.416. The molecule has 0 amide bonds. The number of nitrogens with zero attached hydrogens (tertiary/aromatic N) is 2. The lowest BCUT2D eigenvalue weighted by Gasteiger charge is -2.40. The number of anilines is 2. The van der Waals surface area contributed by atoms with E-state index in [4.69, 9.17) is 5.84 Å². The fraction of sp³-hybridized carbons (Fsp3) is 0.545. The molecule has 1 aliphatic carbocycles. The van der Waals surface area contributed by atoms with E-state index in [1.165, 1.54) is 18.6 Å². The number of nitrogens with one attached hydrogen (secondary N) is 2. The van der Waals surface area contributed by atoms with E-state index in [9.17, 15) is 10.1 Å². The van der Waals surface area contributed by atoms with Gasteiger partial charge in [-0.2, -0.15) is 11.8 Å². The third-order valence-electron chi connectivity index (χ3n) is 3.49.